The van der Waals surface area contributed by atoms with Crippen molar-refractivity contribution in [2.75, 3.05) is 46.5 Å². The molecule has 2 fully saturated rings. The van der Waals surface area contributed by atoms with Crippen LogP contribution in [-0.2, 0) is 11.2 Å². The van der Waals surface area contributed by atoms with Gasteiger partial charge in [-0.25, -0.2) is 4.79 Å². The van der Waals surface area contributed by atoms with Crippen molar-refractivity contribution in [3.63, 3.8) is 0 Å². The minimum absolute atomic E-state index is 0.0736. The lowest BCUT2D eigenvalue weighted by Crippen LogP contribution is -2.44. The fraction of sp³-hybridized carbons (Fsp3) is 0.519. The number of rotatable bonds is 8. The molecular formula is C27H34N2O5. The number of carbonyl (C=O) groups is 1. The Balaban J connectivity index is 1.06. The van der Waals surface area contributed by atoms with Crippen LogP contribution in [0, 0.1) is 5.92 Å². The molecule has 0 spiro atoms. The highest BCUT2D eigenvalue weighted by Crippen LogP contribution is 2.31. The Hall–Kier alpha value is -2.93. The number of fused-ring (bicyclic) bond motifs is 1. The van der Waals surface area contributed by atoms with E-state index in [-0.39, 0.29) is 18.2 Å². The molecule has 34 heavy (non-hydrogen) atoms. The first kappa shape index (κ1) is 22.8. The minimum atomic E-state index is -0.175. The predicted molar refractivity (Wildman–Crippen MR) is 129 cm³/mol. The van der Waals surface area contributed by atoms with Crippen LogP contribution in [0.4, 0.5) is 4.79 Å². The SMILES string of the molecule is COc1ccc(C[C@H]2COC(=O)N2CCC2CCN(C[C@H]3COc4ccccc4O3)CC2)cc1. The molecule has 2 saturated heterocycles. The van der Waals surface area contributed by atoms with Crippen LogP contribution in [0.15, 0.2) is 48.5 Å². The maximum atomic E-state index is 12.4. The number of methoxy groups -OCH3 is 1. The third kappa shape index (κ3) is 5.41. The summed E-state index contributed by atoms with van der Waals surface area (Å²) in [6.07, 6.45) is 4.03. The van der Waals surface area contributed by atoms with Crippen LogP contribution in [0.5, 0.6) is 17.2 Å². The number of benzene rings is 2. The highest BCUT2D eigenvalue weighted by molar-refractivity contribution is 5.70. The lowest BCUT2D eigenvalue weighted by atomic mass is 9.93. The number of hydrogen-bond donors (Lipinski definition) is 0. The molecule has 0 saturated carbocycles. The van der Waals surface area contributed by atoms with Gasteiger partial charge >= 0.3 is 6.09 Å². The number of piperidine rings is 1. The Morgan fingerprint density at radius 2 is 1.74 bits per heavy atom. The second-order valence-corrected chi connectivity index (χ2v) is 9.51. The van der Waals surface area contributed by atoms with Crippen LogP contribution in [0.1, 0.15) is 24.8 Å². The molecule has 5 rings (SSSR count). The van der Waals surface area contributed by atoms with Crippen LogP contribution in [0.25, 0.3) is 0 Å². The first-order valence-corrected chi connectivity index (χ1v) is 12.3. The summed E-state index contributed by atoms with van der Waals surface area (Å²) in [4.78, 5) is 16.8. The Labute approximate surface area is 201 Å². The van der Waals surface area contributed by atoms with Gasteiger partial charge in [-0.2, -0.15) is 0 Å². The van der Waals surface area contributed by atoms with Gasteiger partial charge in [-0.1, -0.05) is 24.3 Å². The van der Waals surface area contributed by atoms with Gasteiger partial charge < -0.3 is 23.8 Å². The third-order valence-corrected chi connectivity index (χ3v) is 7.22. The first-order valence-electron chi connectivity index (χ1n) is 12.3. The van der Waals surface area contributed by atoms with Crippen molar-refractivity contribution in [1.29, 1.82) is 0 Å². The van der Waals surface area contributed by atoms with Crippen LogP contribution >= 0.6 is 0 Å². The van der Waals surface area contributed by atoms with Gasteiger partial charge in [0, 0.05) is 13.1 Å². The molecular weight excluding hydrogens is 432 g/mol. The van der Waals surface area contributed by atoms with Crippen LogP contribution in [-0.4, -0.2) is 74.5 Å². The molecule has 0 aromatic heterocycles. The van der Waals surface area contributed by atoms with Gasteiger partial charge in [0.2, 0.25) is 0 Å². The van der Waals surface area contributed by atoms with E-state index in [1.165, 1.54) is 5.56 Å². The van der Waals surface area contributed by atoms with Gasteiger partial charge in [0.25, 0.3) is 0 Å². The van der Waals surface area contributed by atoms with E-state index >= 15 is 0 Å². The number of likely N-dealkylation sites (tertiary alicyclic amines) is 1. The van der Waals surface area contributed by atoms with Crippen molar-refractivity contribution in [1.82, 2.24) is 9.80 Å². The van der Waals surface area contributed by atoms with Crippen LogP contribution in [0.3, 0.4) is 0 Å². The molecule has 3 aliphatic heterocycles. The summed E-state index contributed by atoms with van der Waals surface area (Å²) >= 11 is 0. The summed E-state index contributed by atoms with van der Waals surface area (Å²) in [6.45, 7) is 4.85. The Morgan fingerprint density at radius 1 is 0.971 bits per heavy atom. The van der Waals surface area contributed by atoms with Crippen molar-refractivity contribution in [3.05, 3.63) is 54.1 Å². The van der Waals surface area contributed by atoms with E-state index in [1.807, 2.05) is 41.3 Å². The maximum absolute atomic E-state index is 12.4. The minimum Gasteiger partial charge on any atom is -0.497 e. The van der Waals surface area contributed by atoms with E-state index < -0.39 is 0 Å². The summed E-state index contributed by atoms with van der Waals surface area (Å²) in [7, 11) is 1.67. The van der Waals surface area contributed by atoms with E-state index in [0.717, 1.165) is 69.1 Å². The normalized spacial score (nSPS) is 23.1. The van der Waals surface area contributed by atoms with Gasteiger partial charge in [0.15, 0.2) is 11.5 Å². The largest absolute Gasteiger partial charge is 0.497 e. The van der Waals surface area contributed by atoms with E-state index in [1.54, 1.807) is 7.11 Å². The van der Waals surface area contributed by atoms with Crippen molar-refractivity contribution in [2.24, 2.45) is 5.92 Å². The third-order valence-electron chi connectivity index (χ3n) is 7.22. The van der Waals surface area contributed by atoms with Gasteiger partial charge in [-0.3, -0.25) is 4.90 Å². The number of ether oxygens (including phenoxy) is 4. The molecule has 3 heterocycles. The quantitative estimate of drug-likeness (QED) is 0.586. The second kappa shape index (κ2) is 10.6. The summed E-state index contributed by atoms with van der Waals surface area (Å²) in [5.41, 5.74) is 1.19. The lowest BCUT2D eigenvalue weighted by molar-refractivity contribution is 0.0466. The number of cyclic esters (lactones) is 1. The fourth-order valence-electron chi connectivity index (χ4n) is 5.19. The number of nitrogens with zero attached hydrogens (tertiary/aromatic N) is 2. The van der Waals surface area contributed by atoms with E-state index in [9.17, 15) is 4.79 Å². The molecule has 3 aliphatic rings. The monoisotopic (exact) mass is 466 g/mol. The van der Waals surface area contributed by atoms with Crippen molar-refractivity contribution >= 4 is 6.09 Å². The Kier molecular flexibility index (Phi) is 7.09. The number of hydrogen-bond acceptors (Lipinski definition) is 6. The second-order valence-electron chi connectivity index (χ2n) is 9.51. The zero-order valence-corrected chi connectivity index (χ0v) is 19.9. The van der Waals surface area contributed by atoms with E-state index in [4.69, 9.17) is 18.9 Å². The Morgan fingerprint density at radius 3 is 2.50 bits per heavy atom. The molecule has 0 unspecified atom stereocenters. The predicted octanol–water partition coefficient (Wildman–Crippen LogP) is 4.00. The molecule has 182 valence electrons. The maximum Gasteiger partial charge on any atom is 0.410 e. The van der Waals surface area contributed by atoms with Gasteiger partial charge in [-0.15, -0.1) is 0 Å². The number of carbonyl (C=O) groups excluding carboxylic acids is 1. The highest BCUT2D eigenvalue weighted by atomic mass is 16.6. The Bertz CT molecular complexity index is 958. The zero-order valence-electron chi connectivity index (χ0n) is 19.9. The van der Waals surface area contributed by atoms with Gasteiger partial charge in [-0.05, 0) is 74.5 Å². The molecule has 0 bridgehead atoms. The first-order chi connectivity index (χ1) is 16.7. The smallest absolute Gasteiger partial charge is 0.410 e. The molecule has 0 radical (unpaired) electrons. The fourth-order valence-corrected chi connectivity index (χ4v) is 5.19. The van der Waals surface area contributed by atoms with Gasteiger partial charge in [0.05, 0.1) is 13.2 Å². The molecule has 0 N–H and O–H groups in total. The summed E-state index contributed by atoms with van der Waals surface area (Å²) in [5.74, 6) is 3.16. The number of para-hydroxylation sites is 2. The average molecular weight is 467 g/mol. The van der Waals surface area contributed by atoms with Crippen LogP contribution < -0.4 is 14.2 Å². The molecule has 2 aromatic rings. The van der Waals surface area contributed by atoms with Crippen molar-refractivity contribution < 1.29 is 23.7 Å². The molecule has 1 amide bonds. The highest BCUT2D eigenvalue weighted by Gasteiger charge is 2.33. The molecule has 2 atom stereocenters. The molecule has 7 nitrogen and oxygen atoms in total. The van der Waals surface area contributed by atoms with Crippen LogP contribution in [0.2, 0.25) is 0 Å². The average Bonchev–Trinajstić information content (AvgIpc) is 3.22. The van der Waals surface area contributed by atoms with E-state index in [0.29, 0.717) is 19.1 Å². The van der Waals surface area contributed by atoms with Crippen molar-refractivity contribution in [3.8, 4) is 17.2 Å². The topological polar surface area (TPSA) is 60.5 Å². The summed E-state index contributed by atoms with van der Waals surface area (Å²) in [5, 5.41) is 0. The molecule has 0 aliphatic carbocycles. The molecule has 7 heteroatoms. The van der Waals surface area contributed by atoms with E-state index in [2.05, 4.69) is 17.0 Å². The van der Waals surface area contributed by atoms with Crippen molar-refractivity contribution in [2.45, 2.75) is 37.8 Å². The molecule has 2 aromatic carbocycles. The summed E-state index contributed by atoms with van der Waals surface area (Å²) < 4.78 is 22.6. The summed E-state index contributed by atoms with van der Waals surface area (Å²) in [6, 6.07) is 16.0. The standard InChI is InChI=1S/C27H34N2O5/c1-31-23-8-6-21(7-9-23)16-22-18-33-27(30)29(22)15-12-20-10-13-28(14-11-20)17-24-19-32-25-4-2-3-5-26(25)34-24/h2-9,20,22,24H,10-19H2,1H3/t22-,24-/m0/s1. The zero-order chi connectivity index (χ0) is 23.3. The number of amides is 1. The lowest BCUT2D eigenvalue weighted by Gasteiger charge is -2.36. The van der Waals surface area contributed by atoms with Gasteiger partial charge in [0.1, 0.15) is 25.1 Å².